The van der Waals surface area contributed by atoms with Gasteiger partial charge in [-0.25, -0.2) is 4.39 Å². The number of rotatable bonds is 5. The number of aliphatic imine (C=N–C) groups is 1. The lowest BCUT2D eigenvalue weighted by Gasteiger charge is -2.40. The Bertz CT molecular complexity index is 956. The molecular formula is C24H29FN4O2. The average Bonchev–Trinajstić information content (AvgIpc) is 3.23. The molecule has 1 aliphatic heterocycles. The summed E-state index contributed by atoms with van der Waals surface area (Å²) in [6.07, 6.45) is 5.45. The van der Waals surface area contributed by atoms with Crippen molar-refractivity contribution in [2.45, 2.75) is 43.7 Å². The zero-order valence-electron chi connectivity index (χ0n) is 17.8. The van der Waals surface area contributed by atoms with Crippen LogP contribution in [0.2, 0.25) is 0 Å². The predicted molar refractivity (Wildman–Crippen MR) is 119 cm³/mol. The third kappa shape index (κ3) is 4.81. The van der Waals surface area contributed by atoms with Gasteiger partial charge in [0.25, 0.3) is 5.91 Å². The van der Waals surface area contributed by atoms with Crippen LogP contribution in [0.1, 0.15) is 54.1 Å². The number of hydrogen-bond donors (Lipinski definition) is 3. The molecule has 2 aromatic carbocycles. The molecule has 1 aliphatic carbocycles. The van der Waals surface area contributed by atoms with E-state index < -0.39 is 11.7 Å². The molecule has 6 nitrogen and oxygen atoms in total. The van der Waals surface area contributed by atoms with Crippen LogP contribution in [0.5, 0.6) is 5.75 Å². The minimum atomic E-state index is -0.524. The van der Waals surface area contributed by atoms with E-state index >= 15 is 0 Å². The number of ether oxygens (including phenoxy) is 1. The number of nitrogens with one attached hydrogen (secondary N) is 3. The highest BCUT2D eigenvalue weighted by molar-refractivity contribution is 5.94. The van der Waals surface area contributed by atoms with Gasteiger partial charge in [-0.3, -0.25) is 9.79 Å². The van der Waals surface area contributed by atoms with Crippen molar-refractivity contribution in [1.82, 2.24) is 16.0 Å². The summed E-state index contributed by atoms with van der Waals surface area (Å²) in [5.41, 5.74) is 1.08. The first kappa shape index (κ1) is 21.2. The van der Waals surface area contributed by atoms with E-state index in [-0.39, 0.29) is 17.2 Å². The fraction of sp³-hybridized carbons (Fsp3) is 0.417. The maximum atomic E-state index is 13.7. The van der Waals surface area contributed by atoms with E-state index in [1.807, 2.05) is 18.2 Å². The SMILES string of the molecule is CN=C(NCCNC(=O)c1ccccc1F)NC1CC2(CCCC2)Oc2ccccc21. The number of benzene rings is 2. The number of para-hydroxylation sites is 1. The van der Waals surface area contributed by atoms with Crippen molar-refractivity contribution in [3.05, 3.63) is 65.5 Å². The third-order valence-corrected chi connectivity index (χ3v) is 6.07. The van der Waals surface area contributed by atoms with Crippen molar-refractivity contribution in [1.29, 1.82) is 0 Å². The Morgan fingerprint density at radius 2 is 1.81 bits per heavy atom. The number of guanidine groups is 1. The Labute approximate surface area is 182 Å². The highest BCUT2D eigenvalue weighted by Gasteiger charge is 2.43. The zero-order chi connectivity index (χ0) is 21.7. The number of hydrogen-bond acceptors (Lipinski definition) is 3. The van der Waals surface area contributed by atoms with Gasteiger partial charge in [-0.2, -0.15) is 0 Å². The fourth-order valence-corrected chi connectivity index (χ4v) is 4.53. The molecule has 0 bridgehead atoms. The quantitative estimate of drug-likeness (QED) is 0.390. The monoisotopic (exact) mass is 424 g/mol. The Morgan fingerprint density at radius 3 is 2.58 bits per heavy atom. The number of amides is 1. The van der Waals surface area contributed by atoms with Crippen LogP contribution >= 0.6 is 0 Å². The van der Waals surface area contributed by atoms with E-state index in [4.69, 9.17) is 4.74 Å². The average molecular weight is 425 g/mol. The van der Waals surface area contributed by atoms with Crippen LogP contribution in [0.25, 0.3) is 0 Å². The summed E-state index contributed by atoms with van der Waals surface area (Å²) in [5.74, 6) is 0.657. The third-order valence-electron chi connectivity index (χ3n) is 6.07. The highest BCUT2D eigenvalue weighted by atomic mass is 19.1. The lowest BCUT2D eigenvalue weighted by molar-refractivity contribution is 0.0396. The van der Waals surface area contributed by atoms with Crippen molar-refractivity contribution < 1.29 is 13.9 Å². The number of halogens is 1. The molecule has 2 aromatic rings. The van der Waals surface area contributed by atoms with Crippen LogP contribution in [0.15, 0.2) is 53.5 Å². The molecule has 2 aliphatic rings. The predicted octanol–water partition coefficient (Wildman–Crippen LogP) is 3.56. The van der Waals surface area contributed by atoms with E-state index in [9.17, 15) is 9.18 Å². The summed E-state index contributed by atoms with van der Waals surface area (Å²) in [6, 6.07) is 14.2. The van der Waals surface area contributed by atoms with Gasteiger partial charge in [-0.15, -0.1) is 0 Å². The molecule has 1 atom stereocenters. The number of carbonyl (C=O) groups excluding carboxylic acids is 1. The molecule has 4 rings (SSSR count). The van der Waals surface area contributed by atoms with Crippen LogP contribution < -0.4 is 20.7 Å². The zero-order valence-corrected chi connectivity index (χ0v) is 17.8. The second-order valence-electron chi connectivity index (χ2n) is 8.17. The summed E-state index contributed by atoms with van der Waals surface area (Å²) in [5, 5.41) is 9.50. The van der Waals surface area contributed by atoms with Gasteiger partial charge < -0.3 is 20.7 Å². The molecule has 1 amide bonds. The number of carbonyl (C=O) groups is 1. The Morgan fingerprint density at radius 1 is 1.10 bits per heavy atom. The van der Waals surface area contributed by atoms with Gasteiger partial charge in [0.05, 0.1) is 11.6 Å². The van der Waals surface area contributed by atoms with Crippen molar-refractivity contribution in [2.75, 3.05) is 20.1 Å². The molecule has 7 heteroatoms. The minimum Gasteiger partial charge on any atom is -0.487 e. The molecule has 3 N–H and O–H groups in total. The molecule has 1 saturated carbocycles. The van der Waals surface area contributed by atoms with E-state index in [2.05, 4.69) is 27.0 Å². The van der Waals surface area contributed by atoms with Crippen LogP contribution in [0.4, 0.5) is 4.39 Å². The van der Waals surface area contributed by atoms with Gasteiger partial charge in [-0.1, -0.05) is 30.3 Å². The normalized spacial score (nSPS) is 19.4. The maximum absolute atomic E-state index is 13.7. The standard InChI is InChI=1S/C24H29FN4O2/c1-26-23(28-15-14-27-22(30)17-8-2-4-10-19(17)25)29-20-16-24(12-6-7-13-24)31-21-11-5-3-9-18(20)21/h2-5,8-11,20H,6-7,12-16H2,1H3,(H,27,30)(H2,26,28,29). The number of fused-ring (bicyclic) bond motifs is 1. The van der Waals surface area contributed by atoms with E-state index in [1.165, 1.54) is 25.0 Å². The van der Waals surface area contributed by atoms with Gasteiger partial charge >= 0.3 is 0 Å². The lowest BCUT2D eigenvalue weighted by atomic mass is 9.86. The van der Waals surface area contributed by atoms with Gasteiger partial charge in [0.15, 0.2) is 5.96 Å². The minimum absolute atomic E-state index is 0.0469. The molecule has 31 heavy (non-hydrogen) atoms. The van der Waals surface area contributed by atoms with E-state index in [0.717, 1.165) is 30.6 Å². The molecular weight excluding hydrogens is 395 g/mol. The lowest BCUT2D eigenvalue weighted by Crippen LogP contribution is -2.47. The van der Waals surface area contributed by atoms with Gasteiger partial charge in [0.2, 0.25) is 0 Å². The van der Waals surface area contributed by atoms with Crippen LogP contribution in [-0.4, -0.2) is 37.6 Å². The summed E-state index contributed by atoms with van der Waals surface area (Å²) in [6.45, 7) is 0.818. The number of nitrogens with zero attached hydrogens (tertiary/aromatic N) is 1. The second kappa shape index (κ2) is 9.37. The summed E-state index contributed by atoms with van der Waals surface area (Å²) in [7, 11) is 1.73. The molecule has 0 aromatic heterocycles. The van der Waals surface area contributed by atoms with Crippen LogP contribution in [0.3, 0.4) is 0 Å². The van der Waals surface area contributed by atoms with Crippen molar-refractivity contribution in [3.63, 3.8) is 0 Å². The molecule has 0 saturated heterocycles. The van der Waals surface area contributed by atoms with Crippen molar-refractivity contribution in [3.8, 4) is 5.75 Å². The van der Waals surface area contributed by atoms with E-state index in [1.54, 1.807) is 19.2 Å². The van der Waals surface area contributed by atoms with Crippen molar-refractivity contribution >= 4 is 11.9 Å². The second-order valence-corrected chi connectivity index (χ2v) is 8.17. The molecule has 1 fully saturated rings. The van der Waals surface area contributed by atoms with Crippen LogP contribution in [0, 0.1) is 5.82 Å². The largest absolute Gasteiger partial charge is 0.487 e. The van der Waals surface area contributed by atoms with Gasteiger partial charge in [-0.05, 0) is 43.9 Å². The van der Waals surface area contributed by atoms with Gasteiger partial charge in [0, 0.05) is 32.1 Å². The Hall–Kier alpha value is -3.09. The first-order valence-corrected chi connectivity index (χ1v) is 10.9. The topological polar surface area (TPSA) is 74.8 Å². The maximum Gasteiger partial charge on any atom is 0.254 e. The smallest absolute Gasteiger partial charge is 0.254 e. The first-order chi connectivity index (χ1) is 15.1. The first-order valence-electron chi connectivity index (χ1n) is 10.9. The van der Waals surface area contributed by atoms with Crippen LogP contribution in [-0.2, 0) is 0 Å². The fourth-order valence-electron chi connectivity index (χ4n) is 4.53. The Balaban J connectivity index is 1.34. The molecule has 1 spiro atoms. The van der Waals surface area contributed by atoms with Crippen molar-refractivity contribution in [2.24, 2.45) is 4.99 Å². The Kier molecular flexibility index (Phi) is 6.39. The molecule has 1 heterocycles. The summed E-state index contributed by atoms with van der Waals surface area (Å²) in [4.78, 5) is 16.5. The summed E-state index contributed by atoms with van der Waals surface area (Å²) >= 11 is 0. The summed E-state index contributed by atoms with van der Waals surface area (Å²) < 4.78 is 20.1. The highest BCUT2D eigenvalue weighted by Crippen LogP contribution is 2.46. The van der Waals surface area contributed by atoms with Gasteiger partial charge in [0.1, 0.15) is 17.2 Å². The van der Waals surface area contributed by atoms with E-state index in [0.29, 0.717) is 19.0 Å². The molecule has 1 unspecified atom stereocenters. The molecule has 164 valence electrons. The molecule has 0 radical (unpaired) electrons.